The molecule has 7 heteroatoms. The zero-order valence-corrected chi connectivity index (χ0v) is 10.7. The molecule has 0 aromatic heterocycles. The Hall–Kier alpha value is -2.72. The fourth-order valence-electron chi connectivity index (χ4n) is 1.29. The first kappa shape index (κ1) is 15.3. The first-order chi connectivity index (χ1) is 9.58. The van der Waals surface area contributed by atoms with Gasteiger partial charge in [0.25, 0.3) is 5.69 Å². The van der Waals surface area contributed by atoms with E-state index in [0.717, 1.165) is 0 Å². The second-order valence-corrected chi connectivity index (χ2v) is 3.65. The molecule has 0 aliphatic heterocycles. The number of hydrogen-bond donors (Lipinski definition) is 0. The van der Waals surface area contributed by atoms with Gasteiger partial charge in [0.1, 0.15) is 18.2 Å². The molecule has 7 nitrogen and oxygen atoms in total. The van der Waals surface area contributed by atoms with Crippen LogP contribution < -0.4 is 0 Å². The van der Waals surface area contributed by atoms with Crippen molar-refractivity contribution < 1.29 is 19.2 Å². The van der Waals surface area contributed by atoms with Crippen LogP contribution in [-0.2, 0) is 14.3 Å². The highest BCUT2D eigenvalue weighted by atomic mass is 16.6. The highest BCUT2D eigenvalue weighted by Crippen LogP contribution is 2.14. The second-order valence-electron chi connectivity index (χ2n) is 3.65. The Labute approximate surface area is 115 Å². The van der Waals surface area contributed by atoms with Crippen LogP contribution in [-0.4, -0.2) is 31.2 Å². The molecular formula is C13H12N2O5. The van der Waals surface area contributed by atoms with E-state index in [0.29, 0.717) is 5.56 Å². The lowest BCUT2D eigenvalue weighted by Crippen LogP contribution is -2.11. The molecule has 0 radical (unpaired) electrons. The van der Waals surface area contributed by atoms with Gasteiger partial charge in [-0.2, -0.15) is 5.26 Å². The summed E-state index contributed by atoms with van der Waals surface area (Å²) in [5.41, 5.74) is 0.245. The van der Waals surface area contributed by atoms with E-state index in [1.54, 1.807) is 6.07 Å². The Morgan fingerprint density at radius 3 is 2.55 bits per heavy atom. The van der Waals surface area contributed by atoms with Crippen LogP contribution in [0.3, 0.4) is 0 Å². The van der Waals surface area contributed by atoms with Gasteiger partial charge in [0.2, 0.25) is 0 Å². The number of methoxy groups -OCH3 is 1. The number of rotatable bonds is 6. The van der Waals surface area contributed by atoms with Crippen LogP contribution in [0.1, 0.15) is 5.56 Å². The third kappa shape index (κ3) is 4.51. The number of ether oxygens (including phenoxy) is 2. The Bertz CT molecular complexity index is 557. The van der Waals surface area contributed by atoms with Gasteiger partial charge in [-0.15, -0.1) is 0 Å². The second kappa shape index (κ2) is 7.66. The molecule has 0 aliphatic rings. The average molecular weight is 276 g/mol. The summed E-state index contributed by atoms with van der Waals surface area (Å²) in [6.07, 6.45) is 1.30. The molecule has 0 fully saturated rings. The molecule has 0 spiro atoms. The van der Waals surface area contributed by atoms with E-state index in [9.17, 15) is 14.9 Å². The molecule has 0 unspecified atom stereocenters. The first-order valence-corrected chi connectivity index (χ1v) is 5.60. The lowest BCUT2D eigenvalue weighted by atomic mass is 10.1. The fourth-order valence-corrected chi connectivity index (χ4v) is 1.29. The molecule has 1 rings (SSSR count). The molecule has 0 atom stereocenters. The van der Waals surface area contributed by atoms with Gasteiger partial charge < -0.3 is 9.47 Å². The molecule has 0 heterocycles. The van der Waals surface area contributed by atoms with Crippen molar-refractivity contribution in [3.8, 4) is 6.07 Å². The fraction of sp³-hybridized carbons (Fsp3) is 0.231. The highest BCUT2D eigenvalue weighted by molar-refractivity contribution is 5.97. The number of carbonyl (C=O) groups is 1. The van der Waals surface area contributed by atoms with Crippen LogP contribution in [0.25, 0.3) is 6.08 Å². The predicted octanol–water partition coefficient (Wildman–Crippen LogP) is 1.69. The molecular weight excluding hydrogens is 264 g/mol. The maximum absolute atomic E-state index is 11.6. The standard InChI is InChI=1S/C13H12N2O5/c1-19-6-7-20-13(16)11(9-14)8-10-2-4-12(5-3-10)15(17)18/h2-5,8H,6-7H2,1H3/b11-8+. The SMILES string of the molecule is COCCOC(=O)/C(C#N)=C/c1ccc([N+](=O)[O-])cc1. The van der Waals surface area contributed by atoms with E-state index in [4.69, 9.17) is 14.7 Å². The molecule has 0 saturated heterocycles. The smallest absolute Gasteiger partial charge is 0.348 e. The number of nitriles is 1. The van der Waals surface area contributed by atoms with Crippen molar-refractivity contribution in [2.75, 3.05) is 20.3 Å². The predicted molar refractivity (Wildman–Crippen MR) is 69.5 cm³/mol. The van der Waals surface area contributed by atoms with Crippen LogP contribution in [0.4, 0.5) is 5.69 Å². The van der Waals surface area contributed by atoms with Crippen molar-refractivity contribution in [2.45, 2.75) is 0 Å². The van der Waals surface area contributed by atoms with Gasteiger partial charge in [-0.3, -0.25) is 10.1 Å². The molecule has 1 aromatic carbocycles. The third-order valence-corrected chi connectivity index (χ3v) is 2.28. The molecule has 0 amide bonds. The minimum Gasteiger partial charge on any atom is -0.459 e. The van der Waals surface area contributed by atoms with Crippen molar-refractivity contribution in [1.29, 1.82) is 5.26 Å². The maximum Gasteiger partial charge on any atom is 0.348 e. The van der Waals surface area contributed by atoms with Crippen LogP contribution in [0.2, 0.25) is 0 Å². The van der Waals surface area contributed by atoms with E-state index < -0.39 is 10.9 Å². The Balaban J connectivity index is 2.81. The number of nitrogens with zero attached hydrogens (tertiary/aromatic N) is 2. The van der Waals surface area contributed by atoms with Gasteiger partial charge >= 0.3 is 5.97 Å². The zero-order valence-electron chi connectivity index (χ0n) is 10.7. The lowest BCUT2D eigenvalue weighted by Gasteiger charge is -2.02. The minimum absolute atomic E-state index is 0.0502. The summed E-state index contributed by atoms with van der Waals surface area (Å²) in [7, 11) is 1.46. The van der Waals surface area contributed by atoms with Crippen LogP contribution >= 0.6 is 0 Å². The largest absolute Gasteiger partial charge is 0.459 e. The number of hydrogen-bond acceptors (Lipinski definition) is 6. The maximum atomic E-state index is 11.6. The van der Waals surface area contributed by atoms with E-state index in [2.05, 4.69) is 0 Å². The topological polar surface area (TPSA) is 102 Å². The highest BCUT2D eigenvalue weighted by Gasteiger charge is 2.11. The van der Waals surface area contributed by atoms with Gasteiger partial charge in [-0.25, -0.2) is 4.79 Å². The lowest BCUT2D eigenvalue weighted by molar-refractivity contribution is -0.384. The monoisotopic (exact) mass is 276 g/mol. The Kier molecular flexibility index (Phi) is 5.87. The third-order valence-electron chi connectivity index (χ3n) is 2.28. The number of carbonyl (C=O) groups excluding carboxylic acids is 1. The average Bonchev–Trinajstić information content (AvgIpc) is 2.45. The summed E-state index contributed by atoms with van der Waals surface area (Å²) < 4.78 is 9.52. The first-order valence-electron chi connectivity index (χ1n) is 5.60. The van der Waals surface area contributed by atoms with Crippen LogP contribution in [0.15, 0.2) is 29.8 Å². The molecule has 0 bridgehead atoms. The molecule has 20 heavy (non-hydrogen) atoms. The van der Waals surface area contributed by atoms with Gasteiger partial charge in [0, 0.05) is 19.2 Å². The van der Waals surface area contributed by atoms with Gasteiger partial charge in [0.15, 0.2) is 0 Å². The van der Waals surface area contributed by atoms with E-state index in [-0.39, 0.29) is 24.5 Å². The van der Waals surface area contributed by atoms with Crippen molar-refractivity contribution >= 4 is 17.7 Å². The molecule has 1 aromatic rings. The van der Waals surface area contributed by atoms with E-state index in [1.807, 2.05) is 0 Å². The number of nitro groups is 1. The van der Waals surface area contributed by atoms with Gasteiger partial charge in [-0.05, 0) is 23.8 Å². The van der Waals surface area contributed by atoms with Crippen LogP contribution in [0.5, 0.6) is 0 Å². The van der Waals surface area contributed by atoms with Crippen molar-refractivity contribution in [3.05, 3.63) is 45.5 Å². The number of non-ortho nitro benzene ring substituents is 1. The summed E-state index contributed by atoms with van der Waals surface area (Å²) in [6.45, 7) is 0.288. The van der Waals surface area contributed by atoms with Crippen molar-refractivity contribution in [1.82, 2.24) is 0 Å². The number of esters is 1. The summed E-state index contributed by atoms with van der Waals surface area (Å²) in [5.74, 6) is -0.761. The molecule has 104 valence electrons. The molecule has 0 N–H and O–H groups in total. The summed E-state index contributed by atoms with van der Waals surface area (Å²) >= 11 is 0. The summed E-state index contributed by atoms with van der Waals surface area (Å²) in [6, 6.07) is 7.19. The van der Waals surface area contributed by atoms with Crippen molar-refractivity contribution in [3.63, 3.8) is 0 Å². The van der Waals surface area contributed by atoms with Crippen LogP contribution in [0, 0.1) is 21.4 Å². The summed E-state index contributed by atoms with van der Waals surface area (Å²) in [5, 5.41) is 19.4. The normalized spacial score (nSPS) is 10.7. The van der Waals surface area contributed by atoms with Gasteiger partial charge in [0.05, 0.1) is 11.5 Å². The number of benzene rings is 1. The van der Waals surface area contributed by atoms with E-state index in [1.165, 1.54) is 37.5 Å². The summed E-state index contributed by atoms with van der Waals surface area (Å²) in [4.78, 5) is 21.5. The quantitative estimate of drug-likeness (QED) is 0.196. The molecule has 0 saturated carbocycles. The number of nitro benzene ring substituents is 1. The minimum atomic E-state index is -0.761. The molecule has 0 aliphatic carbocycles. The Morgan fingerprint density at radius 1 is 1.40 bits per heavy atom. The van der Waals surface area contributed by atoms with Crippen molar-refractivity contribution in [2.24, 2.45) is 0 Å². The zero-order chi connectivity index (χ0) is 15.0. The van der Waals surface area contributed by atoms with E-state index >= 15 is 0 Å². The Morgan fingerprint density at radius 2 is 2.05 bits per heavy atom. The van der Waals surface area contributed by atoms with Gasteiger partial charge in [-0.1, -0.05) is 0 Å².